The summed E-state index contributed by atoms with van der Waals surface area (Å²) in [5.74, 6) is 0. The van der Waals surface area contributed by atoms with Gasteiger partial charge in [-0.1, -0.05) is 18.2 Å². The zero-order valence-electron chi connectivity index (χ0n) is 8.36. The largest absolute Gasteiger partial charge is 0.390 e. The number of rotatable bonds is 1. The number of thiophene rings is 1. The van der Waals surface area contributed by atoms with Crippen molar-refractivity contribution in [1.29, 1.82) is 0 Å². The van der Waals surface area contributed by atoms with Crippen LogP contribution in [0.15, 0.2) is 35.1 Å². The SMILES string of the molecule is O=c1cc(CO)[nH]c2c1sc1ccccc12. The van der Waals surface area contributed by atoms with Crippen molar-refractivity contribution in [2.24, 2.45) is 0 Å². The molecule has 0 aliphatic carbocycles. The van der Waals surface area contributed by atoms with E-state index in [0.717, 1.165) is 20.3 Å². The zero-order valence-corrected chi connectivity index (χ0v) is 9.17. The lowest BCUT2D eigenvalue weighted by Gasteiger charge is -1.97. The molecule has 0 saturated carbocycles. The minimum Gasteiger partial charge on any atom is -0.390 e. The molecule has 1 aromatic carbocycles. The van der Waals surface area contributed by atoms with Crippen molar-refractivity contribution in [1.82, 2.24) is 4.98 Å². The van der Waals surface area contributed by atoms with E-state index >= 15 is 0 Å². The third kappa shape index (κ3) is 1.27. The van der Waals surface area contributed by atoms with E-state index in [-0.39, 0.29) is 12.0 Å². The Hall–Kier alpha value is -1.65. The number of hydrogen-bond acceptors (Lipinski definition) is 3. The van der Waals surface area contributed by atoms with Gasteiger partial charge in [0.15, 0.2) is 5.43 Å². The summed E-state index contributed by atoms with van der Waals surface area (Å²) in [4.78, 5) is 14.9. The van der Waals surface area contributed by atoms with Crippen LogP contribution < -0.4 is 5.43 Å². The number of nitrogens with one attached hydrogen (secondary N) is 1. The highest BCUT2D eigenvalue weighted by atomic mass is 32.1. The predicted molar refractivity (Wildman–Crippen MR) is 65.9 cm³/mol. The van der Waals surface area contributed by atoms with Gasteiger partial charge in [-0.3, -0.25) is 4.79 Å². The van der Waals surface area contributed by atoms with E-state index in [0.29, 0.717) is 5.69 Å². The van der Waals surface area contributed by atoms with Crippen molar-refractivity contribution >= 4 is 31.6 Å². The maximum Gasteiger partial charge on any atom is 0.199 e. The molecule has 16 heavy (non-hydrogen) atoms. The summed E-state index contributed by atoms with van der Waals surface area (Å²) in [5.41, 5.74) is 1.36. The molecule has 3 rings (SSSR count). The molecule has 2 heterocycles. The van der Waals surface area contributed by atoms with E-state index in [2.05, 4.69) is 4.98 Å². The number of aromatic amines is 1. The Morgan fingerprint density at radius 3 is 2.94 bits per heavy atom. The van der Waals surface area contributed by atoms with Gasteiger partial charge >= 0.3 is 0 Å². The molecule has 2 aromatic heterocycles. The molecule has 3 aromatic rings. The average Bonchev–Trinajstić information content (AvgIpc) is 2.68. The van der Waals surface area contributed by atoms with Gasteiger partial charge in [0.2, 0.25) is 0 Å². The predicted octanol–water partition coefficient (Wildman–Crippen LogP) is 2.24. The number of benzene rings is 1. The zero-order chi connectivity index (χ0) is 11.1. The highest BCUT2D eigenvalue weighted by molar-refractivity contribution is 7.25. The second-order valence-corrected chi connectivity index (χ2v) is 4.67. The molecule has 0 fully saturated rings. The van der Waals surface area contributed by atoms with Gasteiger partial charge in [-0.25, -0.2) is 0 Å². The van der Waals surface area contributed by atoms with Crippen LogP contribution in [0.2, 0.25) is 0 Å². The van der Waals surface area contributed by atoms with Gasteiger partial charge in [0, 0.05) is 21.8 Å². The van der Waals surface area contributed by atoms with Crippen LogP contribution in [0.4, 0.5) is 0 Å². The second kappa shape index (κ2) is 3.43. The standard InChI is InChI=1S/C12H9NO2S/c14-6-7-5-9(15)12-11(13-7)8-3-1-2-4-10(8)16-12/h1-5,14H,6H2,(H,13,15). The topological polar surface area (TPSA) is 53.1 Å². The minimum absolute atomic E-state index is 0.0287. The van der Waals surface area contributed by atoms with Crippen LogP contribution in [0, 0.1) is 0 Å². The average molecular weight is 231 g/mol. The summed E-state index contributed by atoms with van der Waals surface area (Å²) < 4.78 is 1.80. The first-order valence-corrected chi connectivity index (χ1v) is 5.75. The van der Waals surface area contributed by atoms with E-state index < -0.39 is 0 Å². The van der Waals surface area contributed by atoms with Gasteiger partial charge in [-0.15, -0.1) is 11.3 Å². The molecule has 0 spiro atoms. The van der Waals surface area contributed by atoms with Gasteiger partial charge < -0.3 is 10.1 Å². The Morgan fingerprint density at radius 2 is 2.12 bits per heavy atom. The molecular formula is C12H9NO2S. The van der Waals surface area contributed by atoms with Gasteiger partial charge in [-0.05, 0) is 6.07 Å². The number of aliphatic hydroxyl groups is 1. The lowest BCUT2D eigenvalue weighted by molar-refractivity contribution is 0.277. The number of pyridine rings is 1. The second-order valence-electron chi connectivity index (χ2n) is 3.62. The van der Waals surface area contributed by atoms with Crippen LogP contribution >= 0.6 is 11.3 Å². The maximum atomic E-state index is 11.8. The lowest BCUT2D eigenvalue weighted by atomic mass is 10.2. The summed E-state index contributed by atoms with van der Waals surface area (Å²) in [6.07, 6.45) is 0. The quantitative estimate of drug-likeness (QED) is 0.674. The molecule has 0 unspecified atom stereocenters. The summed E-state index contributed by atoms with van der Waals surface area (Å²) in [7, 11) is 0. The van der Waals surface area contributed by atoms with Crippen LogP contribution in [0.1, 0.15) is 5.69 Å². The molecule has 4 heteroatoms. The van der Waals surface area contributed by atoms with E-state index in [4.69, 9.17) is 5.11 Å². The van der Waals surface area contributed by atoms with Gasteiger partial charge in [0.1, 0.15) is 0 Å². The molecule has 0 atom stereocenters. The molecule has 0 saturated heterocycles. The Bertz CT molecular complexity index is 727. The van der Waals surface area contributed by atoms with Crippen molar-refractivity contribution in [3.63, 3.8) is 0 Å². The molecule has 3 nitrogen and oxygen atoms in total. The Morgan fingerprint density at radius 1 is 1.31 bits per heavy atom. The van der Waals surface area contributed by atoms with E-state index in [1.165, 1.54) is 17.4 Å². The number of fused-ring (bicyclic) bond motifs is 3. The third-order valence-electron chi connectivity index (χ3n) is 2.58. The molecule has 0 aliphatic rings. The fraction of sp³-hybridized carbons (Fsp3) is 0.0833. The first-order valence-electron chi connectivity index (χ1n) is 4.94. The fourth-order valence-corrected chi connectivity index (χ4v) is 2.92. The first-order chi connectivity index (χ1) is 7.79. The summed E-state index contributed by atoms with van der Waals surface area (Å²) >= 11 is 1.48. The third-order valence-corrected chi connectivity index (χ3v) is 3.77. The maximum absolute atomic E-state index is 11.8. The molecular weight excluding hydrogens is 222 g/mol. The van der Waals surface area contributed by atoms with E-state index in [1.807, 2.05) is 24.3 Å². The van der Waals surface area contributed by atoms with Crippen LogP contribution in [-0.2, 0) is 6.61 Å². The normalized spacial score (nSPS) is 11.3. The Labute approximate surface area is 95.0 Å². The van der Waals surface area contributed by atoms with Crippen LogP contribution in [-0.4, -0.2) is 10.1 Å². The highest BCUT2D eigenvalue weighted by Gasteiger charge is 2.08. The van der Waals surface area contributed by atoms with E-state index in [1.54, 1.807) is 0 Å². The van der Waals surface area contributed by atoms with Crippen molar-refractivity contribution in [2.45, 2.75) is 6.61 Å². The monoisotopic (exact) mass is 231 g/mol. The van der Waals surface area contributed by atoms with Crippen LogP contribution in [0.5, 0.6) is 0 Å². The fourth-order valence-electron chi connectivity index (χ4n) is 1.85. The van der Waals surface area contributed by atoms with Crippen LogP contribution in [0.25, 0.3) is 20.3 Å². The van der Waals surface area contributed by atoms with Crippen molar-refractivity contribution in [3.8, 4) is 0 Å². The molecule has 0 radical (unpaired) electrons. The van der Waals surface area contributed by atoms with Crippen molar-refractivity contribution < 1.29 is 5.11 Å². The van der Waals surface area contributed by atoms with Gasteiger partial charge in [0.05, 0.1) is 16.8 Å². The van der Waals surface area contributed by atoms with Gasteiger partial charge in [-0.2, -0.15) is 0 Å². The van der Waals surface area contributed by atoms with E-state index in [9.17, 15) is 4.79 Å². The van der Waals surface area contributed by atoms with Crippen LogP contribution in [0.3, 0.4) is 0 Å². The number of H-pyrrole nitrogens is 1. The van der Waals surface area contributed by atoms with Crippen molar-refractivity contribution in [2.75, 3.05) is 0 Å². The number of aliphatic hydroxyl groups excluding tert-OH is 1. The molecule has 2 N–H and O–H groups in total. The smallest absolute Gasteiger partial charge is 0.199 e. The molecule has 0 aliphatic heterocycles. The Kier molecular flexibility index (Phi) is 2.05. The summed E-state index contributed by atoms with van der Waals surface area (Å²) in [6.45, 7) is -0.143. The molecule has 0 bridgehead atoms. The molecule has 0 amide bonds. The number of hydrogen-bond donors (Lipinski definition) is 2. The summed E-state index contributed by atoms with van der Waals surface area (Å²) in [5, 5.41) is 10.1. The summed E-state index contributed by atoms with van der Waals surface area (Å²) in [6, 6.07) is 9.32. The first kappa shape index (κ1) is 9.57. The Balaban J connectivity index is 2.56. The van der Waals surface area contributed by atoms with Crippen molar-refractivity contribution in [3.05, 3.63) is 46.2 Å². The number of aromatic nitrogens is 1. The highest BCUT2D eigenvalue weighted by Crippen LogP contribution is 2.30. The minimum atomic E-state index is -0.143. The van der Waals surface area contributed by atoms with Gasteiger partial charge in [0.25, 0.3) is 0 Å². The molecule has 80 valence electrons. The lowest BCUT2D eigenvalue weighted by Crippen LogP contribution is -2.02.